The lowest BCUT2D eigenvalue weighted by molar-refractivity contribution is -0.116. The number of hydrogen-bond donors (Lipinski definition) is 2. The Morgan fingerprint density at radius 3 is 2.18 bits per heavy atom. The minimum atomic E-state index is -3.55. The van der Waals surface area contributed by atoms with Gasteiger partial charge in [-0.1, -0.05) is 54.6 Å². The molecule has 1 amide bonds. The average molecular weight is 475 g/mol. The summed E-state index contributed by atoms with van der Waals surface area (Å²) in [7, 11) is -3.55. The monoisotopic (exact) mass is 474 g/mol. The van der Waals surface area contributed by atoms with Crippen LogP contribution in [0.2, 0.25) is 0 Å². The molecule has 34 heavy (non-hydrogen) atoms. The molecule has 176 valence electrons. The van der Waals surface area contributed by atoms with Crippen molar-refractivity contribution in [3.05, 3.63) is 95.6 Å². The van der Waals surface area contributed by atoms with E-state index in [1.165, 1.54) is 11.1 Å². The number of amides is 1. The number of nitrogens with one attached hydrogen (secondary N) is 2. The SMILES string of the molecule is O=C(CCc1ccccc1)Nc1ccc2c(c1)CC1CCC(C2)C1NS(=O)(=O)c1ccccc1. The first-order valence-corrected chi connectivity index (χ1v) is 13.5. The predicted octanol–water partition coefficient (Wildman–Crippen LogP) is 4.73. The lowest BCUT2D eigenvalue weighted by atomic mass is 9.93. The molecular formula is C28H30N2O3S. The van der Waals surface area contributed by atoms with Crippen LogP contribution >= 0.6 is 0 Å². The Labute approximate surface area is 201 Å². The van der Waals surface area contributed by atoms with Gasteiger partial charge in [0, 0.05) is 18.2 Å². The number of fused-ring (bicyclic) bond motifs is 3. The van der Waals surface area contributed by atoms with Gasteiger partial charge in [0.2, 0.25) is 15.9 Å². The topological polar surface area (TPSA) is 75.3 Å². The molecule has 1 fully saturated rings. The van der Waals surface area contributed by atoms with E-state index in [4.69, 9.17) is 0 Å². The normalized spacial score (nSPS) is 21.5. The summed E-state index contributed by atoms with van der Waals surface area (Å²) in [4.78, 5) is 12.8. The third kappa shape index (κ3) is 5.08. The summed E-state index contributed by atoms with van der Waals surface area (Å²) in [6.07, 6.45) is 4.88. The van der Waals surface area contributed by atoms with Crippen LogP contribution in [0.25, 0.3) is 0 Å². The van der Waals surface area contributed by atoms with Crippen LogP contribution in [0.15, 0.2) is 83.8 Å². The smallest absolute Gasteiger partial charge is 0.240 e. The molecule has 3 atom stereocenters. The molecule has 2 aliphatic carbocycles. The van der Waals surface area contributed by atoms with Crippen LogP contribution in [0.3, 0.4) is 0 Å². The first-order valence-electron chi connectivity index (χ1n) is 12.0. The minimum Gasteiger partial charge on any atom is -0.326 e. The van der Waals surface area contributed by atoms with Crippen LogP contribution in [0.1, 0.15) is 36.0 Å². The Bertz CT molecular complexity index is 1260. The third-order valence-electron chi connectivity index (χ3n) is 7.21. The Balaban J connectivity index is 1.26. The van der Waals surface area contributed by atoms with E-state index in [-0.39, 0.29) is 23.8 Å². The highest BCUT2D eigenvalue weighted by Crippen LogP contribution is 2.41. The summed E-state index contributed by atoms with van der Waals surface area (Å²) in [5.41, 5.74) is 4.45. The van der Waals surface area contributed by atoms with Crippen LogP contribution in [-0.2, 0) is 34.1 Å². The second-order valence-electron chi connectivity index (χ2n) is 9.48. The molecule has 0 heterocycles. The summed E-state index contributed by atoms with van der Waals surface area (Å²) in [6, 6.07) is 24.7. The highest BCUT2D eigenvalue weighted by molar-refractivity contribution is 7.89. The molecule has 5 rings (SSSR count). The Kier molecular flexibility index (Phi) is 6.53. The van der Waals surface area contributed by atoms with E-state index in [0.717, 1.165) is 36.9 Å². The van der Waals surface area contributed by atoms with Crippen LogP contribution < -0.4 is 10.0 Å². The summed E-state index contributed by atoms with van der Waals surface area (Å²) >= 11 is 0. The number of rotatable bonds is 7. The molecule has 2 bridgehead atoms. The maximum Gasteiger partial charge on any atom is 0.240 e. The van der Waals surface area contributed by atoms with Gasteiger partial charge in [0.25, 0.3) is 0 Å². The van der Waals surface area contributed by atoms with Crippen LogP contribution in [0.5, 0.6) is 0 Å². The number of carbonyl (C=O) groups excluding carboxylic acids is 1. The van der Waals surface area contributed by atoms with E-state index in [2.05, 4.69) is 22.2 Å². The molecular weight excluding hydrogens is 444 g/mol. The van der Waals surface area contributed by atoms with Gasteiger partial charge in [-0.05, 0) is 84.9 Å². The number of benzene rings is 3. The quantitative estimate of drug-likeness (QED) is 0.520. The molecule has 6 heteroatoms. The van der Waals surface area contributed by atoms with E-state index >= 15 is 0 Å². The van der Waals surface area contributed by atoms with Crippen LogP contribution in [-0.4, -0.2) is 20.4 Å². The highest BCUT2D eigenvalue weighted by Gasteiger charge is 2.41. The average Bonchev–Trinajstić information content (AvgIpc) is 3.12. The zero-order valence-electron chi connectivity index (χ0n) is 19.1. The Hall–Kier alpha value is -2.96. The van der Waals surface area contributed by atoms with Gasteiger partial charge in [-0.25, -0.2) is 13.1 Å². The van der Waals surface area contributed by atoms with Gasteiger partial charge in [-0.15, -0.1) is 0 Å². The molecule has 0 radical (unpaired) electrons. The van der Waals surface area contributed by atoms with Gasteiger partial charge in [0.1, 0.15) is 0 Å². The fourth-order valence-electron chi connectivity index (χ4n) is 5.45. The van der Waals surface area contributed by atoms with Gasteiger partial charge in [0.05, 0.1) is 4.90 Å². The number of hydrogen-bond acceptors (Lipinski definition) is 3. The lowest BCUT2D eigenvalue weighted by Gasteiger charge is -2.23. The van der Waals surface area contributed by atoms with Gasteiger partial charge in [0.15, 0.2) is 0 Å². The van der Waals surface area contributed by atoms with Gasteiger partial charge < -0.3 is 5.32 Å². The Morgan fingerprint density at radius 1 is 0.824 bits per heavy atom. The summed E-state index contributed by atoms with van der Waals surface area (Å²) in [6.45, 7) is 0. The summed E-state index contributed by atoms with van der Waals surface area (Å²) in [5.74, 6) is 0.553. The van der Waals surface area contributed by atoms with Crippen molar-refractivity contribution in [1.82, 2.24) is 4.72 Å². The van der Waals surface area contributed by atoms with E-state index < -0.39 is 10.0 Å². The van der Waals surface area contributed by atoms with Crippen molar-refractivity contribution >= 4 is 21.6 Å². The molecule has 0 saturated heterocycles. The molecule has 2 N–H and O–H groups in total. The highest BCUT2D eigenvalue weighted by atomic mass is 32.2. The van der Waals surface area contributed by atoms with Crippen molar-refractivity contribution in [1.29, 1.82) is 0 Å². The van der Waals surface area contributed by atoms with Crippen molar-refractivity contribution in [3.8, 4) is 0 Å². The molecule has 0 spiro atoms. The van der Waals surface area contributed by atoms with Crippen molar-refractivity contribution in [3.63, 3.8) is 0 Å². The molecule has 5 nitrogen and oxygen atoms in total. The van der Waals surface area contributed by atoms with Crippen molar-refractivity contribution in [2.24, 2.45) is 11.8 Å². The molecule has 3 aromatic rings. The maximum absolute atomic E-state index is 13.0. The first kappa shape index (κ1) is 22.8. The van der Waals surface area contributed by atoms with Crippen LogP contribution in [0.4, 0.5) is 5.69 Å². The first-order chi connectivity index (χ1) is 16.5. The standard InChI is InChI=1S/C28H30N2O3S/c31-27(16-11-20-7-3-1-4-8-20)29-25-15-14-21-17-22-12-13-23(18-24(21)19-25)28(22)30-34(32,33)26-9-5-2-6-10-26/h1-10,14-15,19,22-23,28,30H,11-13,16-18H2,(H,29,31). The second-order valence-corrected chi connectivity index (χ2v) is 11.2. The number of carbonyl (C=O) groups is 1. The maximum atomic E-state index is 13.0. The minimum absolute atomic E-state index is 0.00689. The molecule has 0 aromatic heterocycles. The molecule has 0 aliphatic heterocycles. The number of anilines is 1. The zero-order valence-corrected chi connectivity index (χ0v) is 19.9. The van der Waals surface area contributed by atoms with E-state index in [9.17, 15) is 13.2 Å². The molecule has 3 unspecified atom stereocenters. The van der Waals surface area contributed by atoms with E-state index in [1.807, 2.05) is 42.5 Å². The van der Waals surface area contributed by atoms with Gasteiger partial charge in [-0.3, -0.25) is 4.79 Å². The fourth-order valence-corrected chi connectivity index (χ4v) is 6.85. The van der Waals surface area contributed by atoms with Crippen LogP contribution in [0, 0.1) is 11.8 Å². The predicted molar refractivity (Wildman–Crippen MR) is 134 cm³/mol. The number of aryl methyl sites for hydroxylation is 1. The molecule has 3 aromatic carbocycles. The van der Waals surface area contributed by atoms with Gasteiger partial charge in [-0.2, -0.15) is 0 Å². The lowest BCUT2D eigenvalue weighted by Crippen LogP contribution is -2.41. The summed E-state index contributed by atoms with van der Waals surface area (Å²) < 4.78 is 29.0. The van der Waals surface area contributed by atoms with Crippen molar-refractivity contribution in [2.75, 3.05) is 5.32 Å². The van der Waals surface area contributed by atoms with Crippen molar-refractivity contribution in [2.45, 2.75) is 49.5 Å². The van der Waals surface area contributed by atoms with Crippen molar-refractivity contribution < 1.29 is 13.2 Å². The van der Waals surface area contributed by atoms with Gasteiger partial charge >= 0.3 is 0 Å². The van der Waals surface area contributed by atoms with E-state index in [1.54, 1.807) is 24.3 Å². The zero-order chi connectivity index (χ0) is 23.5. The number of sulfonamides is 1. The Morgan fingerprint density at radius 2 is 1.47 bits per heavy atom. The largest absolute Gasteiger partial charge is 0.326 e. The second kappa shape index (κ2) is 9.72. The summed E-state index contributed by atoms with van der Waals surface area (Å²) in [5, 5.41) is 3.05. The third-order valence-corrected chi connectivity index (χ3v) is 8.68. The molecule has 1 saturated carbocycles. The molecule has 2 aliphatic rings. The van der Waals surface area contributed by atoms with E-state index in [0.29, 0.717) is 17.7 Å². The fraction of sp³-hybridized carbons (Fsp3) is 0.321.